The molecule has 0 bridgehead atoms. The van der Waals surface area contributed by atoms with E-state index in [2.05, 4.69) is 34.6 Å². The number of phenols is 2. The van der Waals surface area contributed by atoms with Crippen molar-refractivity contribution in [3.8, 4) is 33.9 Å². The predicted octanol–water partition coefficient (Wildman–Crippen LogP) is 4.28. The first-order valence-corrected chi connectivity index (χ1v) is 10.9. The molecule has 3 aromatic rings. The monoisotopic (exact) mass is 435 g/mol. The molecule has 0 unspecified atom stereocenters. The first-order chi connectivity index (χ1) is 15.3. The highest BCUT2D eigenvalue weighted by Gasteiger charge is 2.27. The smallest absolute Gasteiger partial charge is 0.274 e. The van der Waals surface area contributed by atoms with Crippen LogP contribution >= 0.6 is 0 Å². The summed E-state index contributed by atoms with van der Waals surface area (Å²) >= 11 is 0. The van der Waals surface area contributed by atoms with Gasteiger partial charge in [0.15, 0.2) is 11.5 Å². The van der Waals surface area contributed by atoms with Crippen LogP contribution in [0.2, 0.25) is 0 Å². The Labute approximate surface area is 187 Å². The molecular formula is C25H29N3O4. The first kappa shape index (κ1) is 21.9. The molecule has 1 aromatic heterocycles. The lowest BCUT2D eigenvalue weighted by molar-refractivity contribution is 0.0947. The minimum atomic E-state index is -0.336. The number of hydrogen-bond acceptors (Lipinski definition) is 6. The SMILES string of the molecule is CCNC(=O)c1noc(-c2cc(C(C)C)c(O)cc2O)c1-c1ccc2c(c1)CCN(C)C2. The van der Waals surface area contributed by atoms with Gasteiger partial charge in [-0.15, -0.1) is 0 Å². The van der Waals surface area contributed by atoms with Gasteiger partial charge in [0.05, 0.1) is 11.1 Å². The van der Waals surface area contributed by atoms with E-state index in [0.717, 1.165) is 25.1 Å². The lowest BCUT2D eigenvalue weighted by Gasteiger charge is -2.25. The minimum Gasteiger partial charge on any atom is -0.508 e. The van der Waals surface area contributed by atoms with E-state index in [4.69, 9.17) is 4.52 Å². The van der Waals surface area contributed by atoms with Crippen molar-refractivity contribution in [2.24, 2.45) is 0 Å². The van der Waals surface area contributed by atoms with Gasteiger partial charge in [-0.2, -0.15) is 0 Å². The van der Waals surface area contributed by atoms with E-state index in [9.17, 15) is 15.0 Å². The Kier molecular flexibility index (Phi) is 5.93. The Morgan fingerprint density at radius 3 is 2.69 bits per heavy atom. The van der Waals surface area contributed by atoms with E-state index in [-0.39, 0.29) is 29.0 Å². The van der Waals surface area contributed by atoms with Gasteiger partial charge in [0.1, 0.15) is 11.5 Å². The van der Waals surface area contributed by atoms with Gasteiger partial charge in [0.2, 0.25) is 0 Å². The quantitative estimate of drug-likeness (QED) is 0.553. The van der Waals surface area contributed by atoms with E-state index in [1.54, 1.807) is 6.07 Å². The molecule has 1 aliphatic rings. The van der Waals surface area contributed by atoms with Crippen molar-refractivity contribution in [1.82, 2.24) is 15.4 Å². The van der Waals surface area contributed by atoms with Crippen LogP contribution in [0.15, 0.2) is 34.9 Å². The minimum absolute atomic E-state index is 0.0177. The van der Waals surface area contributed by atoms with Crippen molar-refractivity contribution in [3.05, 3.63) is 52.7 Å². The molecule has 0 fully saturated rings. The molecule has 1 amide bonds. The molecule has 0 spiro atoms. The molecule has 7 heteroatoms. The van der Waals surface area contributed by atoms with Crippen molar-refractivity contribution in [2.45, 2.75) is 39.7 Å². The Balaban J connectivity index is 1.92. The molecule has 0 aliphatic carbocycles. The van der Waals surface area contributed by atoms with Crippen molar-refractivity contribution in [2.75, 3.05) is 20.1 Å². The zero-order valence-electron chi connectivity index (χ0n) is 18.9. The van der Waals surface area contributed by atoms with Crippen LogP contribution in [0.25, 0.3) is 22.5 Å². The molecule has 0 atom stereocenters. The number of hydrogen-bond donors (Lipinski definition) is 3. The molecule has 1 aliphatic heterocycles. The van der Waals surface area contributed by atoms with Gasteiger partial charge >= 0.3 is 0 Å². The molecule has 4 rings (SSSR count). The predicted molar refractivity (Wildman–Crippen MR) is 123 cm³/mol. The molecule has 7 nitrogen and oxygen atoms in total. The third-order valence-corrected chi connectivity index (χ3v) is 5.95. The second kappa shape index (κ2) is 8.67. The molecule has 2 aromatic carbocycles. The van der Waals surface area contributed by atoms with Crippen LogP contribution in [0.5, 0.6) is 11.5 Å². The molecule has 0 saturated carbocycles. The van der Waals surface area contributed by atoms with Crippen LogP contribution in [-0.4, -0.2) is 46.3 Å². The van der Waals surface area contributed by atoms with E-state index >= 15 is 0 Å². The Morgan fingerprint density at radius 1 is 1.19 bits per heavy atom. The summed E-state index contributed by atoms with van der Waals surface area (Å²) in [5.41, 5.74) is 5.07. The number of aromatic hydroxyl groups is 2. The number of phenolic OH excluding ortho intramolecular Hbond substituents is 2. The zero-order chi connectivity index (χ0) is 23.0. The van der Waals surface area contributed by atoms with Crippen molar-refractivity contribution < 1.29 is 19.5 Å². The second-order valence-electron chi connectivity index (χ2n) is 8.65. The number of nitrogens with one attached hydrogen (secondary N) is 1. The highest BCUT2D eigenvalue weighted by Crippen LogP contribution is 2.43. The lowest BCUT2D eigenvalue weighted by Crippen LogP contribution is -2.26. The fourth-order valence-corrected chi connectivity index (χ4v) is 4.23. The van der Waals surface area contributed by atoms with E-state index in [1.807, 2.05) is 26.8 Å². The number of aromatic nitrogens is 1. The number of carbonyl (C=O) groups is 1. The summed E-state index contributed by atoms with van der Waals surface area (Å²) < 4.78 is 5.66. The van der Waals surface area contributed by atoms with Gasteiger partial charge in [-0.05, 0) is 54.6 Å². The summed E-state index contributed by atoms with van der Waals surface area (Å²) in [4.78, 5) is 15.1. The maximum atomic E-state index is 12.8. The van der Waals surface area contributed by atoms with Gasteiger partial charge < -0.3 is 25.0 Å². The van der Waals surface area contributed by atoms with Crippen LogP contribution in [0, 0.1) is 0 Å². The topological polar surface area (TPSA) is 98.8 Å². The van der Waals surface area contributed by atoms with Crippen molar-refractivity contribution >= 4 is 5.91 Å². The molecule has 0 saturated heterocycles. The maximum Gasteiger partial charge on any atom is 0.274 e. The number of benzene rings is 2. The van der Waals surface area contributed by atoms with Crippen LogP contribution in [0.3, 0.4) is 0 Å². The summed E-state index contributed by atoms with van der Waals surface area (Å²) in [5, 5.41) is 27.8. The number of nitrogens with zero attached hydrogens (tertiary/aromatic N) is 2. The largest absolute Gasteiger partial charge is 0.508 e. The van der Waals surface area contributed by atoms with Crippen LogP contribution in [-0.2, 0) is 13.0 Å². The summed E-state index contributed by atoms with van der Waals surface area (Å²) in [7, 11) is 2.10. The molecule has 3 N–H and O–H groups in total. The van der Waals surface area contributed by atoms with Crippen molar-refractivity contribution in [1.29, 1.82) is 0 Å². The maximum absolute atomic E-state index is 12.8. The Hall–Kier alpha value is -3.32. The molecular weight excluding hydrogens is 406 g/mol. The van der Waals surface area contributed by atoms with Crippen LogP contribution in [0.4, 0.5) is 0 Å². The third-order valence-electron chi connectivity index (χ3n) is 5.95. The average molecular weight is 436 g/mol. The summed E-state index contributed by atoms with van der Waals surface area (Å²) in [6.45, 7) is 8.06. The summed E-state index contributed by atoms with van der Waals surface area (Å²) in [6, 6.07) is 9.15. The second-order valence-corrected chi connectivity index (χ2v) is 8.65. The van der Waals surface area contributed by atoms with E-state index in [1.165, 1.54) is 17.2 Å². The van der Waals surface area contributed by atoms with Gasteiger partial charge in [-0.3, -0.25) is 4.79 Å². The standard InChI is InChI=1S/C25H29N3O4/c1-5-26-25(31)23-22(16-6-7-17-13-28(4)9-8-15(17)10-16)24(32-27-23)19-11-18(14(2)3)20(29)12-21(19)30/h6-7,10-12,14,29-30H,5,8-9,13H2,1-4H3,(H,26,31). The fraction of sp³-hybridized carbons (Fsp3) is 0.360. The molecule has 32 heavy (non-hydrogen) atoms. The number of likely N-dealkylation sites (N-methyl/N-ethyl adjacent to an activating group) is 1. The number of rotatable bonds is 5. The Bertz CT molecular complexity index is 1170. The highest BCUT2D eigenvalue weighted by atomic mass is 16.5. The van der Waals surface area contributed by atoms with Gasteiger partial charge in [-0.1, -0.05) is 37.2 Å². The van der Waals surface area contributed by atoms with E-state index < -0.39 is 0 Å². The Morgan fingerprint density at radius 2 is 1.97 bits per heavy atom. The zero-order valence-corrected chi connectivity index (χ0v) is 18.9. The average Bonchev–Trinajstić information content (AvgIpc) is 3.18. The highest BCUT2D eigenvalue weighted by molar-refractivity contribution is 6.02. The normalized spacial score (nSPS) is 13.9. The molecule has 168 valence electrons. The third kappa shape index (κ3) is 3.96. The molecule has 0 radical (unpaired) electrons. The van der Waals surface area contributed by atoms with Gasteiger partial charge in [0.25, 0.3) is 5.91 Å². The van der Waals surface area contributed by atoms with E-state index in [0.29, 0.717) is 29.0 Å². The molecule has 2 heterocycles. The first-order valence-electron chi connectivity index (χ1n) is 10.9. The number of fused-ring (bicyclic) bond motifs is 1. The number of amides is 1. The van der Waals surface area contributed by atoms with Crippen molar-refractivity contribution in [3.63, 3.8) is 0 Å². The van der Waals surface area contributed by atoms with Gasteiger partial charge in [0, 0.05) is 25.7 Å². The van der Waals surface area contributed by atoms with Crippen LogP contribution in [0.1, 0.15) is 53.9 Å². The number of carbonyl (C=O) groups excluding carboxylic acids is 1. The lowest BCUT2D eigenvalue weighted by atomic mass is 9.91. The summed E-state index contributed by atoms with van der Waals surface area (Å²) in [5.74, 6) is -0.115. The van der Waals surface area contributed by atoms with Crippen LogP contribution < -0.4 is 5.32 Å². The van der Waals surface area contributed by atoms with Gasteiger partial charge in [-0.25, -0.2) is 0 Å². The fourth-order valence-electron chi connectivity index (χ4n) is 4.23. The summed E-state index contributed by atoms with van der Waals surface area (Å²) in [6.07, 6.45) is 0.915.